The number of pyridine rings is 1. The number of nitrogens with zero attached hydrogens (tertiary/aromatic N) is 3. The molecule has 0 fully saturated rings. The molecule has 3 aromatic rings. The zero-order valence-electron chi connectivity index (χ0n) is 17.3. The quantitative estimate of drug-likeness (QED) is 0.598. The third-order valence-electron chi connectivity index (χ3n) is 4.55. The molecule has 3 rings (SSSR count). The lowest BCUT2D eigenvalue weighted by molar-refractivity contribution is 0.0941. The highest BCUT2D eigenvalue weighted by Crippen LogP contribution is 2.22. The largest absolute Gasteiger partial charge is 0.457 e. The smallest absolute Gasteiger partial charge is 0.269 e. The van der Waals surface area contributed by atoms with Crippen LogP contribution >= 0.6 is 0 Å². The van der Waals surface area contributed by atoms with Crippen molar-refractivity contribution in [3.63, 3.8) is 0 Å². The molecular formula is C22H25N5O3. The van der Waals surface area contributed by atoms with Gasteiger partial charge in [0.15, 0.2) is 0 Å². The fourth-order valence-electron chi connectivity index (χ4n) is 2.95. The fraction of sp³-hybridized carbons (Fsp3) is 0.273. The third-order valence-corrected chi connectivity index (χ3v) is 4.55. The first kappa shape index (κ1) is 21.0. The van der Waals surface area contributed by atoms with E-state index in [0.717, 1.165) is 17.7 Å². The SMILES string of the molecule is CCc1cc(C(=O)NCCc2cccc(Oc3ccnc(C(=O)NC)c3)c2)n(C)n1. The van der Waals surface area contributed by atoms with Crippen molar-refractivity contribution in [3.05, 3.63) is 71.3 Å². The van der Waals surface area contributed by atoms with Crippen LogP contribution in [0, 0.1) is 0 Å². The summed E-state index contributed by atoms with van der Waals surface area (Å²) < 4.78 is 7.46. The van der Waals surface area contributed by atoms with Crippen molar-refractivity contribution >= 4 is 11.8 Å². The van der Waals surface area contributed by atoms with E-state index in [2.05, 4.69) is 20.7 Å². The zero-order valence-corrected chi connectivity index (χ0v) is 17.3. The molecule has 2 N–H and O–H groups in total. The predicted molar refractivity (Wildman–Crippen MR) is 113 cm³/mol. The highest BCUT2D eigenvalue weighted by molar-refractivity contribution is 5.93. The molecule has 0 aliphatic carbocycles. The summed E-state index contributed by atoms with van der Waals surface area (Å²) in [5.74, 6) is 0.754. The molecular weight excluding hydrogens is 382 g/mol. The van der Waals surface area contributed by atoms with Gasteiger partial charge in [0, 0.05) is 32.9 Å². The lowest BCUT2D eigenvalue weighted by atomic mass is 10.1. The molecule has 0 radical (unpaired) electrons. The van der Waals surface area contributed by atoms with Crippen molar-refractivity contribution in [1.82, 2.24) is 25.4 Å². The van der Waals surface area contributed by atoms with Crippen LogP contribution in [0.4, 0.5) is 0 Å². The van der Waals surface area contributed by atoms with Crippen molar-refractivity contribution in [2.24, 2.45) is 7.05 Å². The van der Waals surface area contributed by atoms with E-state index in [1.54, 1.807) is 30.9 Å². The number of aryl methyl sites for hydroxylation is 2. The first-order chi connectivity index (χ1) is 14.5. The average Bonchev–Trinajstić information content (AvgIpc) is 3.14. The Balaban J connectivity index is 1.58. The Hall–Kier alpha value is -3.68. The number of benzene rings is 1. The van der Waals surface area contributed by atoms with Gasteiger partial charge in [-0.3, -0.25) is 19.3 Å². The minimum Gasteiger partial charge on any atom is -0.457 e. The number of hydrogen-bond acceptors (Lipinski definition) is 5. The Morgan fingerprint density at radius 1 is 1.10 bits per heavy atom. The van der Waals surface area contributed by atoms with Crippen molar-refractivity contribution in [2.45, 2.75) is 19.8 Å². The summed E-state index contributed by atoms with van der Waals surface area (Å²) in [5.41, 5.74) is 2.75. The van der Waals surface area contributed by atoms with Gasteiger partial charge in [-0.15, -0.1) is 0 Å². The maximum atomic E-state index is 12.4. The van der Waals surface area contributed by atoms with Crippen molar-refractivity contribution in [1.29, 1.82) is 0 Å². The van der Waals surface area contributed by atoms with Crippen LogP contribution in [-0.4, -0.2) is 40.2 Å². The number of aromatic nitrogens is 3. The summed E-state index contributed by atoms with van der Waals surface area (Å²) in [7, 11) is 3.32. The fourth-order valence-corrected chi connectivity index (χ4v) is 2.95. The number of nitrogens with one attached hydrogen (secondary N) is 2. The highest BCUT2D eigenvalue weighted by Gasteiger charge is 2.12. The lowest BCUT2D eigenvalue weighted by Crippen LogP contribution is -2.27. The highest BCUT2D eigenvalue weighted by atomic mass is 16.5. The third kappa shape index (κ3) is 5.22. The monoisotopic (exact) mass is 407 g/mol. The van der Waals surface area contributed by atoms with Crippen LogP contribution in [0.2, 0.25) is 0 Å². The van der Waals surface area contributed by atoms with Gasteiger partial charge in [0.2, 0.25) is 0 Å². The zero-order chi connectivity index (χ0) is 21.5. The molecule has 2 heterocycles. The van der Waals surface area contributed by atoms with Gasteiger partial charge >= 0.3 is 0 Å². The molecule has 8 nitrogen and oxygen atoms in total. The maximum absolute atomic E-state index is 12.4. The molecule has 0 unspecified atom stereocenters. The Labute approximate surface area is 175 Å². The van der Waals surface area contributed by atoms with Gasteiger partial charge in [-0.1, -0.05) is 19.1 Å². The second kappa shape index (κ2) is 9.69. The number of ether oxygens (including phenoxy) is 1. The van der Waals surface area contributed by atoms with E-state index < -0.39 is 0 Å². The van der Waals surface area contributed by atoms with E-state index in [0.29, 0.717) is 30.2 Å². The van der Waals surface area contributed by atoms with Gasteiger partial charge in [-0.05, 0) is 42.7 Å². The molecule has 0 atom stereocenters. The summed E-state index contributed by atoms with van der Waals surface area (Å²) >= 11 is 0. The van der Waals surface area contributed by atoms with E-state index in [4.69, 9.17) is 4.74 Å². The Bertz CT molecular complexity index is 1040. The van der Waals surface area contributed by atoms with E-state index in [1.807, 2.05) is 37.3 Å². The van der Waals surface area contributed by atoms with Crippen molar-refractivity contribution in [3.8, 4) is 11.5 Å². The number of rotatable bonds is 8. The summed E-state index contributed by atoms with van der Waals surface area (Å²) in [4.78, 5) is 28.1. The molecule has 1 aromatic carbocycles. The van der Waals surface area contributed by atoms with Crippen LogP contribution in [0.5, 0.6) is 11.5 Å². The summed E-state index contributed by atoms with van der Waals surface area (Å²) in [6, 6.07) is 12.7. The molecule has 0 saturated heterocycles. The Morgan fingerprint density at radius 2 is 1.90 bits per heavy atom. The summed E-state index contributed by atoms with van der Waals surface area (Å²) in [5, 5.41) is 9.76. The first-order valence-electron chi connectivity index (χ1n) is 9.76. The second-order valence-electron chi connectivity index (χ2n) is 6.71. The minimum atomic E-state index is -0.274. The summed E-state index contributed by atoms with van der Waals surface area (Å²) in [6.07, 6.45) is 2.97. The van der Waals surface area contributed by atoms with Gasteiger partial charge in [0.05, 0.1) is 5.69 Å². The van der Waals surface area contributed by atoms with Crippen LogP contribution in [0.3, 0.4) is 0 Å². The van der Waals surface area contributed by atoms with Gasteiger partial charge in [0.25, 0.3) is 11.8 Å². The van der Waals surface area contributed by atoms with Gasteiger partial charge in [-0.25, -0.2) is 0 Å². The standard InChI is InChI=1S/C22H25N5O3/c1-4-16-13-20(27(3)26-16)22(29)25-10-8-15-6-5-7-17(12-15)30-18-9-11-24-19(14-18)21(28)23-2/h5-7,9,11-14H,4,8,10H2,1-3H3,(H,23,28)(H,25,29). The molecule has 30 heavy (non-hydrogen) atoms. The van der Waals surface area contributed by atoms with Gasteiger partial charge in [0.1, 0.15) is 22.9 Å². The lowest BCUT2D eigenvalue weighted by Gasteiger charge is -2.09. The van der Waals surface area contributed by atoms with Crippen LogP contribution in [0.25, 0.3) is 0 Å². The van der Waals surface area contributed by atoms with Gasteiger partial charge in [-0.2, -0.15) is 5.10 Å². The molecule has 0 saturated carbocycles. The molecule has 0 bridgehead atoms. The molecule has 156 valence electrons. The molecule has 0 aliphatic rings. The van der Waals surface area contributed by atoms with Crippen molar-refractivity contribution < 1.29 is 14.3 Å². The predicted octanol–water partition coefficient (Wildman–Crippen LogP) is 2.50. The maximum Gasteiger partial charge on any atom is 0.269 e. The van der Waals surface area contributed by atoms with Crippen LogP contribution < -0.4 is 15.4 Å². The van der Waals surface area contributed by atoms with Crippen LogP contribution in [-0.2, 0) is 19.9 Å². The topological polar surface area (TPSA) is 98.1 Å². The van der Waals surface area contributed by atoms with E-state index in [-0.39, 0.29) is 17.5 Å². The number of hydrogen-bond donors (Lipinski definition) is 2. The summed E-state index contributed by atoms with van der Waals surface area (Å²) in [6.45, 7) is 2.50. The number of carbonyl (C=O) groups excluding carboxylic acids is 2. The van der Waals surface area contributed by atoms with E-state index >= 15 is 0 Å². The number of amides is 2. The van der Waals surface area contributed by atoms with Crippen LogP contribution in [0.1, 0.15) is 39.2 Å². The molecule has 2 aromatic heterocycles. The van der Waals surface area contributed by atoms with Gasteiger partial charge < -0.3 is 15.4 Å². The first-order valence-corrected chi connectivity index (χ1v) is 9.76. The average molecular weight is 407 g/mol. The molecule has 2 amide bonds. The molecule has 0 spiro atoms. The second-order valence-corrected chi connectivity index (χ2v) is 6.71. The van der Waals surface area contributed by atoms with Crippen molar-refractivity contribution in [2.75, 3.05) is 13.6 Å². The molecule has 0 aliphatic heterocycles. The molecule has 8 heteroatoms. The van der Waals surface area contributed by atoms with Crippen LogP contribution in [0.15, 0.2) is 48.7 Å². The van der Waals surface area contributed by atoms with E-state index in [9.17, 15) is 9.59 Å². The minimum absolute atomic E-state index is 0.143. The number of carbonyl (C=O) groups is 2. The van der Waals surface area contributed by atoms with E-state index in [1.165, 1.54) is 6.20 Å². The normalized spacial score (nSPS) is 10.5. The Kier molecular flexibility index (Phi) is 6.79. The Morgan fingerprint density at radius 3 is 2.63 bits per heavy atom.